The van der Waals surface area contributed by atoms with Crippen molar-refractivity contribution in [3.05, 3.63) is 29.8 Å². The second-order valence-electron chi connectivity index (χ2n) is 3.05. The number of rotatable bonds is 4. The Morgan fingerprint density at radius 1 is 1.54 bits per heavy atom. The van der Waals surface area contributed by atoms with Gasteiger partial charge in [-0.1, -0.05) is 19.1 Å². The lowest BCUT2D eigenvalue weighted by Gasteiger charge is -2.07. The molecule has 1 aromatic rings. The fourth-order valence-corrected chi connectivity index (χ4v) is 1.74. The summed E-state index contributed by atoms with van der Waals surface area (Å²) in [6, 6.07) is 7.85. The molecule has 3 N–H and O–H groups in total. The van der Waals surface area contributed by atoms with E-state index in [-0.39, 0.29) is 6.61 Å². The predicted octanol–water partition coefficient (Wildman–Crippen LogP) is 1.88. The van der Waals surface area contributed by atoms with E-state index in [2.05, 4.69) is 0 Å². The van der Waals surface area contributed by atoms with Crippen molar-refractivity contribution < 1.29 is 5.11 Å². The van der Waals surface area contributed by atoms with Gasteiger partial charge in [0.25, 0.3) is 0 Å². The van der Waals surface area contributed by atoms with E-state index in [0.717, 1.165) is 11.4 Å². The first kappa shape index (κ1) is 10.4. The third kappa shape index (κ3) is 3.70. The standard InChI is InChI=1S/C10H15NOS/c1-8(6-12)13-7-9-3-2-4-10(11)5-9/h2-5,8,12H,6-7,11H2,1H3. The largest absolute Gasteiger partial charge is 0.399 e. The molecular formula is C10H15NOS. The first-order chi connectivity index (χ1) is 6.22. The van der Waals surface area contributed by atoms with Crippen LogP contribution < -0.4 is 5.73 Å². The Balaban J connectivity index is 2.45. The van der Waals surface area contributed by atoms with Crippen LogP contribution in [-0.2, 0) is 5.75 Å². The lowest BCUT2D eigenvalue weighted by molar-refractivity contribution is 0.300. The maximum atomic E-state index is 8.82. The molecule has 1 atom stereocenters. The van der Waals surface area contributed by atoms with Crippen LogP contribution in [0.2, 0.25) is 0 Å². The van der Waals surface area contributed by atoms with Gasteiger partial charge in [0.2, 0.25) is 0 Å². The summed E-state index contributed by atoms with van der Waals surface area (Å²) in [5.74, 6) is 0.909. The molecule has 0 bridgehead atoms. The lowest BCUT2D eigenvalue weighted by atomic mass is 10.2. The highest BCUT2D eigenvalue weighted by Crippen LogP contribution is 2.18. The van der Waals surface area contributed by atoms with E-state index < -0.39 is 0 Å². The monoisotopic (exact) mass is 197 g/mol. The van der Waals surface area contributed by atoms with Crippen LogP contribution in [0, 0.1) is 0 Å². The van der Waals surface area contributed by atoms with Crippen LogP contribution in [0.4, 0.5) is 5.69 Å². The molecule has 0 aromatic heterocycles. The first-order valence-electron chi connectivity index (χ1n) is 4.29. The molecule has 0 saturated heterocycles. The normalized spacial score (nSPS) is 12.8. The molecular weight excluding hydrogens is 182 g/mol. The molecule has 0 spiro atoms. The highest BCUT2D eigenvalue weighted by molar-refractivity contribution is 7.99. The Bertz CT molecular complexity index is 265. The molecule has 0 radical (unpaired) electrons. The molecule has 72 valence electrons. The summed E-state index contributed by atoms with van der Waals surface area (Å²) in [5.41, 5.74) is 7.65. The van der Waals surface area contributed by atoms with Crippen molar-refractivity contribution in [2.24, 2.45) is 0 Å². The molecule has 0 aliphatic carbocycles. The topological polar surface area (TPSA) is 46.2 Å². The van der Waals surface area contributed by atoms with Gasteiger partial charge in [0, 0.05) is 16.7 Å². The van der Waals surface area contributed by atoms with Gasteiger partial charge in [0.15, 0.2) is 0 Å². The third-order valence-corrected chi connectivity index (χ3v) is 2.96. The molecule has 0 fully saturated rings. The zero-order valence-electron chi connectivity index (χ0n) is 7.73. The Hall–Kier alpha value is -0.670. The number of nitrogen functional groups attached to an aromatic ring is 1. The molecule has 0 aliphatic rings. The number of benzene rings is 1. The van der Waals surface area contributed by atoms with E-state index in [1.807, 2.05) is 31.2 Å². The minimum Gasteiger partial charge on any atom is -0.399 e. The first-order valence-corrected chi connectivity index (χ1v) is 5.34. The highest BCUT2D eigenvalue weighted by atomic mass is 32.2. The van der Waals surface area contributed by atoms with E-state index in [1.54, 1.807) is 11.8 Å². The summed E-state index contributed by atoms with van der Waals surface area (Å²) in [6.07, 6.45) is 0. The number of anilines is 1. The van der Waals surface area contributed by atoms with Gasteiger partial charge in [-0.2, -0.15) is 11.8 Å². The number of nitrogens with two attached hydrogens (primary N) is 1. The Labute approximate surface area is 83.1 Å². The summed E-state index contributed by atoms with van der Waals surface area (Å²) in [4.78, 5) is 0. The average Bonchev–Trinajstić information content (AvgIpc) is 2.14. The van der Waals surface area contributed by atoms with Gasteiger partial charge in [0.1, 0.15) is 0 Å². The minimum atomic E-state index is 0.229. The summed E-state index contributed by atoms with van der Waals surface area (Å²) in [6.45, 7) is 2.24. The van der Waals surface area contributed by atoms with Crippen molar-refractivity contribution in [1.82, 2.24) is 0 Å². The van der Waals surface area contributed by atoms with E-state index >= 15 is 0 Å². The van der Waals surface area contributed by atoms with E-state index in [9.17, 15) is 0 Å². The van der Waals surface area contributed by atoms with E-state index in [1.165, 1.54) is 5.56 Å². The summed E-state index contributed by atoms with van der Waals surface area (Å²) >= 11 is 1.73. The zero-order chi connectivity index (χ0) is 9.68. The fourth-order valence-electron chi connectivity index (χ4n) is 0.974. The Morgan fingerprint density at radius 3 is 2.92 bits per heavy atom. The average molecular weight is 197 g/mol. The molecule has 0 heterocycles. The highest BCUT2D eigenvalue weighted by Gasteiger charge is 2.00. The van der Waals surface area contributed by atoms with E-state index in [0.29, 0.717) is 5.25 Å². The van der Waals surface area contributed by atoms with Crippen LogP contribution in [0.3, 0.4) is 0 Å². The maximum absolute atomic E-state index is 8.82. The van der Waals surface area contributed by atoms with Crippen molar-refractivity contribution in [1.29, 1.82) is 0 Å². The van der Waals surface area contributed by atoms with Gasteiger partial charge < -0.3 is 10.8 Å². The molecule has 0 saturated carbocycles. The quantitative estimate of drug-likeness (QED) is 0.724. The second-order valence-corrected chi connectivity index (χ2v) is 4.48. The number of aliphatic hydroxyl groups excluding tert-OH is 1. The van der Waals surface area contributed by atoms with Crippen LogP contribution in [0.15, 0.2) is 24.3 Å². The molecule has 1 unspecified atom stereocenters. The van der Waals surface area contributed by atoms with Gasteiger partial charge >= 0.3 is 0 Å². The smallest absolute Gasteiger partial charge is 0.0547 e. The minimum absolute atomic E-state index is 0.229. The summed E-state index contributed by atoms with van der Waals surface area (Å²) in [5, 5.41) is 9.11. The SMILES string of the molecule is CC(CO)SCc1cccc(N)c1. The molecule has 1 aromatic carbocycles. The third-order valence-electron chi connectivity index (χ3n) is 1.74. The summed E-state index contributed by atoms with van der Waals surface area (Å²) < 4.78 is 0. The van der Waals surface area contributed by atoms with Crippen LogP contribution in [0.5, 0.6) is 0 Å². The van der Waals surface area contributed by atoms with Crippen molar-refractivity contribution in [2.45, 2.75) is 17.9 Å². The van der Waals surface area contributed by atoms with Gasteiger partial charge in [-0.05, 0) is 17.7 Å². The number of thioether (sulfide) groups is 1. The molecule has 3 heteroatoms. The maximum Gasteiger partial charge on any atom is 0.0547 e. The van der Waals surface area contributed by atoms with Crippen molar-refractivity contribution >= 4 is 17.4 Å². The molecule has 1 rings (SSSR count). The van der Waals surface area contributed by atoms with Crippen LogP contribution in [0.25, 0.3) is 0 Å². The molecule has 2 nitrogen and oxygen atoms in total. The second kappa shape index (κ2) is 5.14. The van der Waals surface area contributed by atoms with Gasteiger partial charge in [-0.25, -0.2) is 0 Å². The van der Waals surface area contributed by atoms with Crippen LogP contribution in [-0.4, -0.2) is 17.0 Å². The zero-order valence-corrected chi connectivity index (χ0v) is 8.55. The van der Waals surface area contributed by atoms with Gasteiger partial charge in [0.05, 0.1) is 6.61 Å². The number of aliphatic hydroxyl groups is 1. The van der Waals surface area contributed by atoms with Crippen molar-refractivity contribution in [3.8, 4) is 0 Å². The Kier molecular flexibility index (Phi) is 4.12. The van der Waals surface area contributed by atoms with Crippen LogP contribution in [0.1, 0.15) is 12.5 Å². The van der Waals surface area contributed by atoms with Crippen molar-refractivity contribution in [2.75, 3.05) is 12.3 Å². The summed E-state index contributed by atoms with van der Waals surface area (Å²) in [7, 11) is 0. The van der Waals surface area contributed by atoms with Gasteiger partial charge in [-0.15, -0.1) is 0 Å². The van der Waals surface area contributed by atoms with Crippen LogP contribution >= 0.6 is 11.8 Å². The molecule has 0 amide bonds. The van der Waals surface area contributed by atoms with Crippen molar-refractivity contribution in [3.63, 3.8) is 0 Å². The van der Waals surface area contributed by atoms with Gasteiger partial charge in [-0.3, -0.25) is 0 Å². The lowest BCUT2D eigenvalue weighted by Crippen LogP contribution is -2.02. The number of hydrogen-bond donors (Lipinski definition) is 2. The van der Waals surface area contributed by atoms with E-state index in [4.69, 9.17) is 10.8 Å². The Morgan fingerprint density at radius 2 is 2.31 bits per heavy atom. The number of hydrogen-bond acceptors (Lipinski definition) is 3. The fraction of sp³-hybridized carbons (Fsp3) is 0.400. The molecule has 13 heavy (non-hydrogen) atoms. The molecule has 0 aliphatic heterocycles. The predicted molar refractivity (Wildman–Crippen MR) is 58.7 cm³/mol.